The van der Waals surface area contributed by atoms with Crippen LogP contribution < -0.4 is 0 Å². The summed E-state index contributed by atoms with van der Waals surface area (Å²) in [6.07, 6.45) is 2.07. The first-order valence-electron chi connectivity index (χ1n) is 3.77. The van der Waals surface area contributed by atoms with Gasteiger partial charge in [0.05, 0.1) is 8.07 Å². The van der Waals surface area contributed by atoms with E-state index in [0.717, 1.165) is 0 Å². The van der Waals surface area contributed by atoms with Crippen molar-refractivity contribution in [1.29, 1.82) is 0 Å². The molecule has 0 rings (SSSR count). The minimum atomic E-state index is -1.21. The van der Waals surface area contributed by atoms with Gasteiger partial charge in [-0.2, -0.15) is 0 Å². The monoisotopic (exact) mass is 174 g/mol. The summed E-state index contributed by atoms with van der Waals surface area (Å²) in [7, 11) is -1.21. The smallest absolute Gasteiger partial charge is 0.181 e. The van der Waals surface area contributed by atoms with Crippen molar-refractivity contribution in [3.05, 3.63) is 12.7 Å². The van der Waals surface area contributed by atoms with Crippen molar-refractivity contribution in [2.24, 2.45) is 0 Å². The average molecular weight is 174 g/mol. The highest BCUT2D eigenvalue weighted by Crippen LogP contribution is 2.10. The van der Waals surface area contributed by atoms with Gasteiger partial charge in [-0.3, -0.25) is 0 Å². The van der Waals surface area contributed by atoms with Crippen molar-refractivity contribution in [3.63, 3.8) is 0 Å². The Morgan fingerprint density at radius 3 is 2.27 bits per heavy atom. The molecule has 0 fully saturated rings. The van der Waals surface area contributed by atoms with Gasteiger partial charge in [0.1, 0.15) is 0 Å². The van der Waals surface area contributed by atoms with Crippen molar-refractivity contribution in [2.75, 3.05) is 6.23 Å². The summed E-state index contributed by atoms with van der Waals surface area (Å²) in [6, 6.07) is 0. The van der Waals surface area contributed by atoms with Gasteiger partial charge in [0.2, 0.25) is 0 Å². The van der Waals surface area contributed by atoms with Gasteiger partial charge in [-0.1, -0.05) is 26.2 Å². The van der Waals surface area contributed by atoms with Crippen molar-refractivity contribution < 1.29 is 9.84 Å². The average Bonchev–Trinajstić information content (AvgIpc) is 1.83. The van der Waals surface area contributed by atoms with E-state index in [1.54, 1.807) is 6.92 Å². The maximum Gasteiger partial charge on any atom is 0.181 e. The molecule has 0 amide bonds. The van der Waals surface area contributed by atoms with Crippen LogP contribution in [0.25, 0.3) is 0 Å². The summed E-state index contributed by atoms with van der Waals surface area (Å²) < 4.78 is 5.24. The molecule has 0 radical (unpaired) electrons. The molecular formula is C8H18O2Si. The number of ether oxygens (including phenoxy) is 1. The molecule has 0 aliphatic rings. The maximum absolute atomic E-state index is 9.37. The zero-order valence-corrected chi connectivity index (χ0v) is 8.85. The molecule has 0 unspecified atom stereocenters. The second-order valence-electron chi connectivity index (χ2n) is 4.11. The highest BCUT2D eigenvalue weighted by Gasteiger charge is 2.21. The number of hydrogen-bond donors (Lipinski definition) is 1. The zero-order chi connectivity index (χ0) is 9.12. The van der Waals surface area contributed by atoms with Crippen molar-refractivity contribution in [1.82, 2.24) is 0 Å². The SMILES string of the molecule is C=C[C@](C)(O)OC[Si](C)(C)C. The third kappa shape index (κ3) is 6.28. The molecule has 0 aliphatic heterocycles. The predicted octanol–water partition coefficient (Wildman–Crippen LogP) is 1.77. The van der Waals surface area contributed by atoms with Crippen LogP contribution in [0.3, 0.4) is 0 Å². The highest BCUT2D eigenvalue weighted by molar-refractivity contribution is 6.76. The Morgan fingerprint density at radius 2 is 2.00 bits per heavy atom. The van der Waals surface area contributed by atoms with Crippen LogP contribution in [0.15, 0.2) is 12.7 Å². The number of aliphatic hydroxyl groups is 1. The molecule has 0 aromatic heterocycles. The fourth-order valence-electron chi connectivity index (χ4n) is 0.422. The van der Waals surface area contributed by atoms with Gasteiger partial charge < -0.3 is 9.84 Å². The first kappa shape index (κ1) is 10.9. The zero-order valence-electron chi connectivity index (χ0n) is 7.85. The van der Waals surface area contributed by atoms with E-state index in [-0.39, 0.29) is 0 Å². The molecule has 11 heavy (non-hydrogen) atoms. The van der Waals surface area contributed by atoms with Crippen LogP contribution in [0.2, 0.25) is 19.6 Å². The van der Waals surface area contributed by atoms with Crippen molar-refractivity contribution in [3.8, 4) is 0 Å². The standard InChI is InChI=1S/C8H18O2Si/c1-6-8(2,9)10-7-11(3,4)5/h6,9H,1,7H2,2-5H3/t8-/m1/s1. The van der Waals surface area contributed by atoms with Gasteiger partial charge in [-0.05, 0) is 13.0 Å². The largest absolute Gasteiger partial charge is 0.362 e. The summed E-state index contributed by atoms with van der Waals surface area (Å²) in [5, 5.41) is 9.37. The Bertz CT molecular complexity index is 136. The summed E-state index contributed by atoms with van der Waals surface area (Å²) >= 11 is 0. The van der Waals surface area contributed by atoms with E-state index >= 15 is 0 Å². The third-order valence-electron chi connectivity index (χ3n) is 1.18. The van der Waals surface area contributed by atoms with Crippen LogP contribution in [0, 0.1) is 0 Å². The quantitative estimate of drug-likeness (QED) is 0.400. The molecule has 0 saturated carbocycles. The molecule has 0 saturated heterocycles. The molecule has 66 valence electrons. The fraction of sp³-hybridized carbons (Fsp3) is 0.750. The van der Waals surface area contributed by atoms with Gasteiger partial charge in [0.25, 0.3) is 0 Å². The van der Waals surface area contributed by atoms with Crippen LogP contribution >= 0.6 is 0 Å². The molecule has 0 aromatic carbocycles. The number of hydrogen-bond acceptors (Lipinski definition) is 2. The van der Waals surface area contributed by atoms with Crippen LogP contribution in [0.5, 0.6) is 0 Å². The minimum absolute atomic E-state index is 0.659. The summed E-state index contributed by atoms with van der Waals surface area (Å²) in [5.74, 6) is -1.15. The lowest BCUT2D eigenvalue weighted by molar-refractivity contribution is -0.139. The van der Waals surface area contributed by atoms with Crippen molar-refractivity contribution >= 4 is 8.07 Å². The molecular weight excluding hydrogens is 156 g/mol. The summed E-state index contributed by atoms with van der Waals surface area (Å²) in [5.41, 5.74) is 0. The van der Waals surface area contributed by atoms with Gasteiger partial charge in [-0.25, -0.2) is 0 Å². The number of rotatable bonds is 4. The Morgan fingerprint density at radius 1 is 1.55 bits per heavy atom. The molecule has 2 nitrogen and oxygen atoms in total. The Hall–Kier alpha value is -0.123. The fourth-order valence-corrected chi connectivity index (χ4v) is 1.15. The summed E-state index contributed by atoms with van der Waals surface area (Å²) in [4.78, 5) is 0. The van der Waals surface area contributed by atoms with E-state index in [2.05, 4.69) is 26.2 Å². The minimum Gasteiger partial charge on any atom is -0.362 e. The second-order valence-corrected chi connectivity index (χ2v) is 9.52. The Kier molecular flexibility index (Phi) is 3.48. The Labute approximate surface area is 69.9 Å². The molecule has 0 spiro atoms. The Balaban J connectivity index is 3.79. The lowest BCUT2D eigenvalue weighted by Crippen LogP contribution is -2.36. The van der Waals surface area contributed by atoms with Crippen LogP contribution in [-0.4, -0.2) is 25.2 Å². The first-order chi connectivity index (χ1) is 4.77. The van der Waals surface area contributed by atoms with E-state index in [1.807, 2.05) is 0 Å². The van der Waals surface area contributed by atoms with Crippen LogP contribution in [-0.2, 0) is 4.74 Å². The van der Waals surface area contributed by atoms with Crippen LogP contribution in [0.1, 0.15) is 6.92 Å². The molecule has 0 aliphatic carbocycles. The third-order valence-corrected chi connectivity index (χ3v) is 2.19. The van der Waals surface area contributed by atoms with E-state index in [0.29, 0.717) is 6.23 Å². The molecule has 0 aromatic rings. The van der Waals surface area contributed by atoms with Gasteiger partial charge in [0, 0.05) is 6.23 Å². The second kappa shape index (κ2) is 3.52. The molecule has 0 bridgehead atoms. The molecule has 0 heterocycles. The highest BCUT2D eigenvalue weighted by atomic mass is 28.3. The molecule has 1 N–H and O–H groups in total. The van der Waals surface area contributed by atoms with Gasteiger partial charge >= 0.3 is 0 Å². The lowest BCUT2D eigenvalue weighted by atomic mass is 10.3. The van der Waals surface area contributed by atoms with Gasteiger partial charge in [0.15, 0.2) is 5.79 Å². The first-order valence-corrected chi connectivity index (χ1v) is 7.47. The normalized spacial score (nSPS) is 17.5. The van der Waals surface area contributed by atoms with Crippen molar-refractivity contribution in [2.45, 2.75) is 32.4 Å². The van der Waals surface area contributed by atoms with E-state index in [1.165, 1.54) is 6.08 Å². The lowest BCUT2D eigenvalue weighted by Gasteiger charge is -2.24. The topological polar surface area (TPSA) is 29.5 Å². The van der Waals surface area contributed by atoms with E-state index < -0.39 is 13.9 Å². The van der Waals surface area contributed by atoms with E-state index in [9.17, 15) is 5.11 Å². The molecule has 1 atom stereocenters. The molecule has 3 heteroatoms. The van der Waals surface area contributed by atoms with Crippen LogP contribution in [0.4, 0.5) is 0 Å². The maximum atomic E-state index is 9.37. The van der Waals surface area contributed by atoms with E-state index in [4.69, 9.17) is 4.74 Å². The predicted molar refractivity (Wildman–Crippen MR) is 50.1 cm³/mol. The van der Waals surface area contributed by atoms with Gasteiger partial charge in [-0.15, -0.1) is 0 Å². The summed E-state index contributed by atoms with van der Waals surface area (Å²) in [6.45, 7) is 11.6.